The van der Waals surface area contributed by atoms with Gasteiger partial charge >= 0.3 is 0 Å². The summed E-state index contributed by atoms with van der Waals surface area (Å²) >= 11 is 0. The number of benzene rings is 1. The van der Waals surface area contributed by atoms with Crippen LogP contribution in [-0.2, 0) is 0 Å². The summed E-state index contributed by atoms with van der Waals surface area (Å²) in [5, 5.41) is 3.86. The molecule has 0 radical (unpaired) electrons. The van der Waals surface area contributed by atoms with Crippen molar-refractivity contribution in [3.05, 3.63) is 48.4 Å². The van der Waals surface area contributed by atoms with E-state index in [0.29, 0.717) is 11.5 Å². The van der Waals surface area contributed by atoms with Gasteiger partial charge in [-0.3, -0.25) is 4.79 Å². The van der Waals surface area contributed by atoms with Gasteiger partial charge in [0.2, 0.25) is 0 Å². The van der Waals surface area contributed by atoms with Crippen LogP contribution in [0.3, 0.4) is 0 Å². The number of para-hydroxylation sites is 1. The molecule has 1 aliphatic rings. The standard InChI is InChI=1S/C18H20N6O/c1-23-6-8-24(9-7-23)17-11-16(19-12-20-17)22-18(25)15-10-13-4-2-3-5-14(13)21-15/h2-5,10-12,21H,6-9H2,1H3,(H,19,20,22,25). The van der Waals surface area contributed by atoms with E-state index in [1.807, 2.05) is 36.4 Å². The minimum Gasteiger partial charge on any atom is -0.354 e. The van der Waals surface area contributed by atoms with Crippen molar-refractivity contribution in [3.8, 4) is 0 Å². The van der Waals surface area contributed by atoms with E-state index >= 15 is 0 Å². The van der Waals surface area contributed by atoms with Crippen molar-refractivity contribution >= 4 is 28.4 Å². The summed E-state index contributed by atoms with van der Waals surface area (Å²) < 4.78 is 0. The summed E-state index contributed by atoms with van der Waals surface area (Å²) in [6.45, 7) is 3.84. The van der Waals surface area contributed by atoms with Crippen molar-refractivity contribution in [1.82, 2.24) is 19.9 Å². The zero-order valence-electron chi connectivity index (χ0n) is 14.1. The van der Waals surface area contributed by atoms with Crippen molar-refractivity contribution in [2.24, 2.45) is 0 Å². The van der Waals surface area contributed by atoms with Crippen LogP contribution in [0.15, 0.2) is 42.7 Å². The third kappa shape index (κ3) is 3.32. The molecule has 0 spiro atoms. The second-order valence-electron chi connectivity index (χ2n) is 6.28. The lowest BCUT2D eigenvalue weighted by Gasteiger charge is -2.33. The molecule has 1 fully saturated rings. The fourth-order valence-electron chi connectivity index (χ4n) is 3.00. The monoisotopic (exact) mass is 336 g/mol. The number of nitrogens with one attached hydrogen (secondary N) is 2. The van der Waals surface area contributed by atoms with Crippen molar-refractivity contribution in [2.75, 3.05) is 43.4 Å². The lowest BCUT2D eigenvalue weighted by atomic mass is 10.2. The van der Waals surface area contributed by atoms with Crippen LogP contribution in [0.4, 0.5) is 11.6 Å². The molecule has 2 N–H and O–H groups in total. The fourth-order valence-corrected chi connectivity index (χ4v) is 3.00. The number of piperazine rings is 1. The molecule has 3 heterocycles. The Morgan fingerprint density at radius 2 is 1.92 bits per heavy atom. The minimum absolute atomic E-state index is 0.209. The maximum absolute atomic E-state index is 12.5. The Labute approximate surface area is 145 Å². The van der Waals surface area contributed by atoms with E-state index in [4.69, 9.17) is 0 Å². The Morgan fingerprint density at radius 1 is 1.12 bits per heavy atom. The molecule has 0 saturated carbocycles. The number of H-pyrrole nitrogens is 1. The van der Waals surface area contributed by atoms with E-state index in [-0.39, 0.29) is 5.91 Å². The second-order valence-corrected chi connectivity index (χ2v) is 6.28. The van der Waals surface area contributed by atoms with Gasteiger partial charge in [0.1, 0.15) is 23.7 Å². The van der Waals surface area contributed by atoms with Gasteiger partial charge in [-0.05, 0) is 19.2 Å². The summed E-state index contributed by atoms with van der Waals surface area (Å²) in [5.74, 6) is 1.14. The number of hydrogen-bond donors (Lipinski definition) is 2. The molecular weight excluding hydrogens is 316 g/mol. The van der Waals surface area contributed by atoms with Crippen molar-refractivity contribution < 1.29 is 4.79 Å². The smallest absolute Gasteiger partial charge is 0.273 e. The van der Waals surface area contributed by atoms with Gasteiger partial charge in [-0.25, -0.2) is 9.97 Å². The highest BCUT2D eigenvalue weighted by Crippen LogP contribution is 2.18. The van der Waals surface area contributed by atoms with Crippen LogP contribution < -0.4 is 10.2 Å². The Morgan fingerprint density at radius 3 is 2.72 bits per heavy atom. The maximum atomic E-state index is 12.5. The average molecular weight is 336 g/mol. The van der Waals surface area contributed by atoms with Crippen LogP contribution in [0.25, 0.3) is 10.9 Å². The van der Waals surface area contributed by atoms with E-state index in [2.05, 4.69) is 37.1 Å². The molecule has 7 heteroatoms. The Bertz CT molecular complexity index is 864. The molecule has 0 unspecified atom stereocenters. The van der Waals surface area contributed by atoms with Gasteiger partial charge < -0.3 is 20.1 Å². The molecule has 1 aromatic carbocycles. The highest BCUT2D eigenvalue weighted by molar-refractivity contribution is 6.05. The number of nitrogens with zero attached hydrogens (tertiary/aromatic N) is 4. The van der Waals surface area contributed by atoms with E-state index in [9.17, 15) is 4.79 Å². The summed E-state index contributed by atoms with van der Waals surface area (Å²) in [7, 11) is 2.11. The second kappa shape index (κ2) is 6.52. The summed E-state index contributed by atoms with van der Waals surface area (Å²) in [5.41, 5.74) is 1.45. The number of carbonyl (C=O) groups excluding carboxylic acids is 1. The van der Waals surface area contributed by atoms with Gasteiger partial charge in [0.05, 0.1) is 0 Å². The van der Waals surface area contributed by atoms with Gasteiger partial charge in [-0.15, -0.1) is 0 Å². The predicted octanol–water partition coefficient (Wildman–Crippen LogP) is 1.96. The number of likely N-dealkylation sites (N-methyl/N-ethyl adjacent to an activating group) is 1. The quantitative estimate of drug-likeness (QED) is 0.765. The van der Waals surface area contributed by atoms with Crippen LogP contribution in [0.1, 0.15) is 10.5 Å². The zero-order valence-corrected chi connectivity index (χ0v) is 14.1. The number of anilines is 2. The van der Waals surface area contributed by atoms with Crippen molar-refractivity contribution in [3.63, 3.8) is 0 Å². The van der Waals surface area contributed by atoms with E-state index < -0.39 is 0 Å². The van der Waals surface area contributed by atoms with Gasteiger partial charge in [0.25, 0.3) is 5.91 Å². The molecular formula is C18H20N6O. The Hall–Kier alpha value is -2.93. The Kier molecular flexibility index (Phi) is 4.07. The van der Waals surface area contributed by atoms with Crippen LogP contribution in [0, 0.1) is 0 Å². The molecule has 0 bridgehead atoms. The number of fused-ring (bicyclic) bond motifs is 1. The molecule has 1 amide bonds. The number of aromatic amines is 1. The van der Waals surface area contributed by atoms with Crippen LogP contribution in [0.2, 0.25) is 0 Å². The number of amides is 1. The first kappa shape index (κ1) is 15.6. The SMILES string of the molecule is CN1CCN(c2cc(NC(=O)c3cc4ccccc4[nH]3)ncn2)CC1. The lowest BCUT2D eigenvalue weighted by molar-refractivity contribution is 0.102. The number of carbonyl (C=O) groups is 1. The van der Waals surface area contributed by atoms with Crippen LogP contribution in [0.5, 0.6) is 0 Å². The highest BCUT2D eigenvalue weighted by atomic mass is 16.1. The number of rotatable bonds is 3. The summed E-state index contributed by atoms with van der Waals surface area (Å²) in [6.07, 6.45) is 1.49. The van der Waals surface area contributed by atoms with E-state index in [1.165, 1.54) is 6.33 Å². The maximum Gasteiger partial charge on any atom is 0.273 e. The molecule has 0 aliphatic carbocycles. The number of hydrogen-bond acceptors (Lipinski definition) is 5. The summed E-state index contributed by atoms with van der Waals surface area (Å²) in [4.78, 5) is 28.6. The third-order valence-electron chi connectivity index (χ3n) is 4.50. The van der Waals surface area contributed by atoms with Crippen molar-refractivity contribution in [2.45, 2.75) is 0 Å². The van der Waals surface area contributed by atoms with Gasteiger partial charge in [0, 0.05) is 43.1 Å². The normalized spacial score (nSPS) is 15.5. The van der Waals surface area contributed by atoms with E-state index in [0.717, 1.165) is 42.9 Å². The van der Waals surface area contributed by atoms with E-state index in [1.54, 1.807) is 0 Å². The zero-order chi connectivity index (χ0) is 17.2. The minimum atomic E-state index is -0.209. The molecule has 1 saturated heterocycles. The Balaban J connectivity index is 1.50. The van der Waals surface area contributed by atoms with Gasteiger partial charge in [-0.2, -0.15) is 0 Å². The molecule has 2 aromatic heterocycles. The molecule has 25 heavy (non-hydrogen) atoms. The molecule has 3 aromatic rings. The van der Waals surface area contributed by atoms with Crippen LogP contribution in [-0.4, -0.2) is 59.0 Å². The molecule has 0 atom stereocenters. The molecule has 1 aliphatic heterocycles. The topological polar surface area (TPSA) is 77.1 Å². The first-order valence-corrected chi connectivity index (χ1v) is 8.34. The predicted molar refractivity (Wildman–Crippen MR) is 98.0 cm³/mol. The first-order chi connectivity index (χ1) is 12.2. The fraction of sp³-hybridized carbons (Fsp3) is 0.278. The molecule has 7 nitrogen and oxygen atoms in total. The molecule has 128 valence electrons. The summed E-state index contributed by atoms with van der Waals surface area (Å²) in [6, 6.07) is 11.5. The first-order valence-electron chi connectivity index (χ1n) is 8.34. The average Bonchev–Trinajstić information content (AvgIpc) is 3.07. The lowest BCUT2D eigenvalue weighted by Crippen LogP contribution is -2.44. The van der Waals surface area contributed by atoms with Crippen molar-refractivity contribution in [1.29, 1.82) is 0 Å². The highest BCUT2D eigenvalue weighted by Gasteiger charge is 2.16. The van der Waals surface area contributed by atoms with Gasteiger partial charge in [-0.1, -0.05) is 18.2 Å². The number of aromatic nitrogens is 3. The molecule has 4 rings (SSSR count). The largest absolute Gasteiger partial charge is 0.354 e. The van der Waals surface area contributed by atoms with Crippen LogP contribution >= 0.6 is 0 Å². The third-order valence-corrected chi connectivity index (χ3v) is 4.50. The van der Waals surface area contributed by atoms with Gasteiger partial charge in [0.15, 0.2) is 0 Å².